The Labute approximate surface area is 191 Å². The summed E-state index contributed by atoms with van der Waals surface area (Å²) in [5.74, 6) is -1.50. The molecule has 33 heavy (non-hydrogen) atoms. The monoisotopic (exact) mass is 458 g/mol. The molecule has 0 unspecified atom stereocenters. The number of ether oxygens (including phenoxy) is 3. The van der Waals surface area contributed by atoms with E-state index in [1.54, 1.807) is 6.92 Å². The Kier molecular flexibility index (Phi) is 9.69. The second kappa shape index (κ2) is 12.7. The molecule has 0 saturated carbocycles. The molecule has 0 bridgehead atoms. The van der Waals surface area contributed by atoms with E-state index < -0.39 is 36.2 Å². The van der Waals surface area contributed by atoms with Crippen molar-refractivity contribution in [3.8, 4) is 0 Å². The van der Waals surface area contributed by atoms with Crippen molar-refractivity contribution in [1.29, 1.82) is 0 Å². The van der Waals surface area contributed by atoms with E-state index in [2.05, 4.69) is 5.32 Å². The van der Waals surface area contributed by atoms with Gasteiger partial charge in [0.2, 0.25) is 0 Å². The van der Waals surface area contributed by atoms with Crippen LogP contribution in [0.3, 0.4) is 0 Å². The van der Waals surface area contributed by atoms with Crippen LogP contribution in [0.5, 0.6) is 0 Å². The van der Waals surface area contributed by atoms with Crippen molar-refractivity contribution < 1.29 is 38.5 Å². The summed E-state index contributed by atoms with van der Waals surface area (Å²) in [5.41, 5.74) is 1.75. The molecule has 2 atom stereocenters. The summed E-state index contributed by atoms with van der Waals surface area (Å²) in [6.07, 6.45) is -1.27. The molecule has 2 aromatic rings. The zero-order chi connectivity index (χ0) is 24.2. The van der Waals surface area contributed by atoms with Gasteiger partial charge in [-0.05, 0) is 25.0 Å². The average molecular weight is 458 g/mol. The molecule has 1 fully saturated rings. The number of esters is 1. The molecule has 10 nitrogen and oxygen atoms in total. The normalized spacial score (nSPS) is 15.4. The number of hydrogen-bond acceptors (Lipinski definition) is 7. The first-order chi connectivity index (χ1) is 15.8. The van der Waals surface area contributed by atoms with Gasteiger partial charge in [0.25, 0.3) is 0 Å². The Morgan fingerprint density at radius 1 is 1.03 bits per heavy atom. The second-order valence-corrected chi connectivity index (χ2v) is 7.04. The minimum absolute atomic E-state index is 0.0341. The van der Waals surface area contributed by atoms with E-state index in [4.69, 9.17) is 19.3 Å². The SMILES string of the molecule is C[C@@H](NC(=O)OCc1ccccc1)C(=O)O.C[C@@H]1C(=O)OCN1C(=O)OCc1ccccc1. The zero-order valence-corrected chi connectivity index (χ0v) is 18.3. The van der Waals surface area contributed by atoms with Crippen LogP contribution in [-0.4, -0.2) is 52.9 Å². The fourth-order valence-corrected chi connectivity index (χ4v) is 2.51. The van der Waals surface area contributed by atoms with Gasteiger partial charge in [0.1, 0.15) is 25.3 Å². The maximum Gasteiger partial charge on any atom is 0.413 e. The molecule has 1 aliphatic rings. The van der Waals surface area contributed by atoms with E-state index >= 15 is 0 Å². The van der Waals surface area contributed by atoms with Crippen molar-refractivity contribution in [3.63, 3.8) is 0 Å². The predicted octanol–water partition coefficient (Wildman–Crippen LogP) is 2.91. The molecule has 1 aliphatic heterocycles. The van der Waals surface area contributed by atoms with Gasteiger partial charge < -0.3 is 24.6 Å². The molecule has 0 aliphatic carbocycles. The lowest BCUT2D eigenvalue weighted by Gasteiger charge is -2.16. The Balaban J connectivity index is 0.000000234. The number of alkyl carbamates (subject to hydrolysis) is 1. The summed E-state index contributed by atoms with van der Waals surface area (Å²) >= 11 is 0. The van der Waals surface area contributed by atoms with Crippen molar-refractivity contribution in [2.24, 2.45) is 0 Å². The minimum Gasteiger partial charge on any atom is -0.480 e. The first-order valence-corrected chi connectivity index (χ1v) is 10.1. The first kappa shape index (κ1) is 25.2. The Morgan fingerprint density at radius 2 is 1.55 bits per heavy atom. The molecule has 2 amide bonds. The maximum absolute atomic E-state index is 11.6. The number of carboxylic acid groups (broad SMARTS) is 1. The van der Waals surface area contributed by atoms with Gasteiger partial charge in [0.05, 0.1) is 0 Å². The lowest BCUT2D eigenvalue weighted by molar-refractivity contribution is -0.139. The van der Waals surface area contributed by atoms with Crippen molar-refractivity contribution >= 4 is 24.1 Å². The van der Waals surface area contributed by atoms with Crippen LogP contribution in [0.15, 0.2) is 60.7 Å². The van der Waals surface area contributed by atoms with Crippen molar-refractivity contribution in [2.45, 2.75) is 39.1 Å². The molecule has 0 aromatic heterocycles. The maximum atomic E-state index is 11.6. The van der Waals surface area contributed by atoms with Gasteiger partial charge in [-0.1, -0.05) is 60.7 Å². The highest BCUT2D eigenvalue weighted by Crippen LogP contribution is 2.13. The number of nitrogens with zero attached hydrogens (tertiary/aromatic N) is 1. The molecule has 2 N–H and O–H groups in total. The third kappa shape index (κ3) is 8.52. The van der Waals surface area contributed by atoms with Gasteiger partial charge in [-0.25, -0.2) is 14.4 Å². The molecule has 2 aromatic carbocycles. The standard InChI is InChI=1S/C12H13NO4.C11H13NO4/c1-9-11(14)17-8-13(9)12(15)16-7-10-5-3-2-4-6-10;1-8(10(13)14)12-11(15)16-7-9-5-3-2-4-6-9/h2-6,9H,7-8H2,1H3;2-6,8H,7H2,1H3,(H,12,15)(H,13,14)/t9-;8-/m11/s1. The number of carbonyl (C=O) groups is 4. The molecular weight excluding hydrogens is 432 g/mol. The Bertz CT molecular complexity index is 936. The third-order valence-electron chi connectivity index (χ3n) is 4.51. The van der Waals surface area contributed by atoms with Crippen molar-refractivity contribution in [2.75, 3.05) is 6.73 Å². The molecule has 0 spiro atoms. The predicted molar refractivity (Wildman–Crippen MR) is 116 cm³/mol. The molecule has 3 rings (SSSR count). The Morgan fingerprint density at radius 3 is 2.00 bits per heavy atom. The molecule has 0 radical (unpaired) electrons. The topological polar surface area (TPSA) is 131 Å². The molecular formula is C23H26N2O8. The highest BCUT2D eigenvalue weighted by atomic mass is 16.6. The van der Waals surface area contributed by atoms with Crippen LogP contribution >= 0.6 is 0 Å². The van der Waals surface area contributed by atoms with Gasteiger partial charge in [-0.15, -0.1) is 0 Å². The molecule has 1 heterocycles. The summed E-state index contributed by atoms with van der Waals surface area (Å²) in [7, 11) is 0. The number of cyclic esters (lactones) is 1. The van der Waals surface area contributed by atoms with Gasteiger partial charge in [-0.2, -0.15) is 0 Å². The third-order valence-corrected chi connectivity index (χ3v) is 4.51. The molecule has 176 valence electrons. The summed E-state index contributed by atoms with van der Waals surface area (Å²) in [5, 5.41) is 10.7. The van der Waals surface area contributed by atoms with Gasteiger partial charge in [0, 0.05) is 0 Å². The summed E-state index contributed by atoms with van der Waals surface area (Å²) in [6, 6.07) is 17.0. The van der Waals surface area contributed by atoms with E-state index in [9.17, 15) is 19.2 Å². The summed E-state index contributed by atoms with van der Waals surface area (Å²) < 4.78 is 14.7. The van der Waals surface area contributed by atoms with Crippen molar-refractivity contribution in [1.82, 2.24) is 10.2 Å². The number of carbonyl (C=O) groups excluding carboxylic acids is 3. The number of hydrogen-bond donors (Lipinski definition) is 2. The van der Waals surface area contributed by atoms with E-state index in [0.717, 1.165) is 11.1 Å². The largest absolute Gasteiger partial charge is 0.480 e. The van der Waals surface area contributed by atoms with E-state index in [1.807, 2.05) is 60.7 Å². The molecule has 10 heteroatoms. The highest BCUT2D eigenvalue weighted by Gasteiger charge is 2.35. The van der Waals surface area contributed by atoms with E-state index in [0.29, 0.717) is 0 Å². The van der Waals surface area contributed by atoms with Crippen LogP contribution in [-0.2, 0) is 37.0 Å². The number of nitrogens with one attached hydrogen (secondary N) is 1. The summed E-state index contributed by atoms with van der Waals surface area (Å²) in [4.78, 5) is 45.6. The second-order valence-electron chi connectivity index (χ2n) is 7.04. The van der Waals surface area contributed by atoms with Gasteiger partial charge in [-0.3, -0.25) is 9.69 Å². The van der Waals surface area contributed by atoms with Gasteiger partial charge >= 0.3 is 24.1 Å². The minimum atomic E-state index is -1.10. The first-order valence-electron chi connectivity index (χ1n) is 10.1. The Hall–Kier alpha value is -4.08. The zero-order valence-electron chi connectivity index (χ0n) is 18.3. The molecule has 1 saturated heterocycles. The highest BCUT2D eigenvalue weighted by molar-refractivity contribution is 5.83. The number of aliphatic carboxylic acids is 1. The van der Waals surface area contributed by atoms with Crippen LogP contribution in [0.2, 0.25) is 0 Å². The smallest absolute Gasteiger partial charge is 0.413 e. The van der Waals surface area contributed by atoms with Crippen LogP contribution in [0.25, 0.3) is 0 Å². The number of rotatable bonds is 6. The van der Waals surface area contributed by atoms with Crippen LogP contribution in [0, 0.1) is 0 Å². The quantitative estimate of drug-likeness (QED) is 0.499. The van der Waals surface area contributed by atoms with Crippen LogP contribution in [0.4, 0.5) is 9.59 Å². The number of amides is 2. The number of benzene rings is 2. The van der Waals surface area contributed by atoms with Gasteiger partial charge in [0.15, 0.2) is 6.73 Å². The lowest BCUT2D eigenvalue weighted by Crippen LogP contribution is -2.38. The summed E-state index contributed by atoms with van der Waals surface area (Å²) in [6.45, 7) is 3.26. The van der Waals surface area contributed by atoms with E-state index in [1.165, 1.54) is 11.8 Å². The van der Waals surface area contributed by atoms with E-state index in [-0.39, 0.29) is 19.9 Å². The fourth-order valence-electron chi connectivity index (χ4n) is 2.51. The average Bonchev–Trinajstić information content (AvgIpc) is 3.16. The van der Waals surface area contributed by atoms with Crippen LogP contribution < -0.4 is 5.32 Å². The number of carboxylic acids is 1. The van der Waals surface area contributed by atoms with Crippen LogP contribution in [0.1, 0.15) is 25.0 Å². The fraction of sp³-hybridized carbons (Fsp3) is 0.304. The lowest BCUT2D eigenvalue weighted by atomic mass is 10.2. The van der Waals surface area contributed by atoms with Crippen molar-refractivity contribution in [3.05, 3.63) is 71.8 Å².